The van der Waals surface area contributed by atoms with Crippen molar-refractivity contribution < 1.29 is 28.5 Å². The van der Waals surface area contributed by atoms with E-state index in [1.807, 2.05) is 56.6 Å². The van der Waals surface area contributed by atoms with Gasteiger partial charge in [0.1, 0.15) is 51.6 Å². The topological polar surface area (TPSA) is 192 Å². The number of ether oxygens (including phenoxy) is 3. The van der Waals surface area contributed by atoms with Crippen LogP contribution in [0.25, 0.3) is 22.2 Å². The number of nitrogen functional groups attached to an aromatic ring is 2. The largest absolute Gasteiger partial charge is 0.507 e. The lowest BCUT2D eigenvalue weighted by Crippen LogP contribution is -2.53. The number of esters is 1. The van der Waals surface area contributed by atoms with Crippen LogP contribution in [-0.2, 0) is 27.2 Å². The van der Waals surface area contributed by atoms with Gasteiger partial charge in [0, 0.05) is 59.6 Å². The summed E-state index contributed by atoms with van der Waals surface area (Å²) in [4.78, 5) is 43.4. The lowest BCUT2D eigenvalue weighted by Gasteiger charge is -2.47. The number of allylic oxidation sites excluding steroid dienone is 1. The summed E-state index contributed by atoms with van der Waals surface area (Å²) in [5, 5.41) is 11.8. The molecule has 4 fully saturated rings. The van der Waals surface area contributed by atoms with E-state index in [0.717, 1.165) is 54.7 Å². The van der Waals surface area contributed by atoms with E-state index in [9.17, 15) is 14.7 Å². The van der Waals surface area contributed by atoms with Gasteiger partial charge in [-0.2, -0.15) is 0 Å². The zero-order valence-electron chi connectivity index (χ0n) is 31.6. The number of hydrogen-bond donors (Lipinski definition) is 3. The third-order valence-electron chi connectivity index (χ3n) is 12.7. The van der Waals surface area contributed by atoms with Crippen molar-refractivity contribution in [1.82, 2.24) is 14.9 Å². The average Bonchev–Trinajstić information content (AvgIpc) is 3.48. The number of anilines is 2. The van der Waals surface area contributed by atoms with Crippen LogP contribution in [0.1, 0.15) is 74.5 Å². The van der Waals surface area contributed by atoms with E-state index in [1.165, 1.54) is 11.6 Å². The molecule has 7 aliphatic rings. The van der Waals surface area contributed by atoms with Crippen LogP contribution in [0.4, 0.5) is 11.6 Å². The summed E-state index contributed by atoms with van der Waals surface area (Å²) in [6, 6.07) is 10.8. The second-order valence-corrected chi connectivity index (χ2v) is 16.8. The summed E-state index contributed by atoms with van der Waals surface area (Å²) < 4.78 is 25.4. The molecule has 13 nitrogen and oxygen atoms in total. The van der Waals surface area contributed by atoms with Gasteiger partial charge in [0.25, 0.3) is 0 Å². The molecule has 288 valence electrons. The molecule has 1 aliphatic carbocycles. The molecule has 5 N–H and O–H groups in total. The van der Waals surface area contributed by atoms with Gasteiger partial charge in [0.2, 0.25) is 0 Å². The lowest BCUT2D eigenvalue weighted by atomic mass is 9.66. The maximum Gasteiger partial charge on any atom is 0.341 e. The molecule has 1 saturated carbocycles. The van der Waals surface area contributed by atoms with Crippen molar-refractivity contribution in [2.75, 3.05) is 18.0 Å². The van der Waals surface area contributed by atoms with Crippen molar-refractivity contribution in [1.29, 1.82) is 0 Å². The van der Waals surface area contributed by atoms with E-state index in [4.69, 9.17) is 30.1 Å². The van der Waals surface area contributed by atoms with Gasteiger partial charge < -0.3 is 40.1 Å². The summed E-state index contributed by atoms with van der Waals surface area (Å²) in [5.41, 5.74) is 16.6. The van der Waals surface area contributed by atoms with Crippen LogP contribution in [0.15, 0.2) is 74.1 Å². The van der Waals surface area contributed by atoms with Crippen LogP contribution in [0, 0.1) is 18.8 Å². The van der Waals surface area contributed by atoms with Crippen molar-refractivity contribution in [2.24, 2.45) is 16.8 Å². The van der Waals surface area contributed by atoms with Gasteiger partial charge in [0.15, 0.2) is 11.0 Å². The maximum absolute atomic E-state index is 14.5. The Hall–Kier alpha value is -5.69. The van der Waals surface area contributed by atoms with Crippen LogP contribution in [0.3, 0.4) is 0 Å². The third-order valence-corrected chi connectivity index (χ3v) is 12.7. The first-order chi connectivity index (χ1) is 26.9. The zero-order valence-corrected chi connectivity index (χ0v) is 31.6. The van der Waals surface area contributed by atoms with Crippen LogP contribution in [0.5, 0.6) is 11.5 Å². The molecule has 13 heteroatoms. The summed E-state index contributed by atoms with van der Waals surface area (Å²) in [7, 11) is 0. The van der Waals surface area contributed by atoms with Crippen molar-refractivity contribution in [2.45, 2.75) is 95.2 Å². The third kappa shape index (κ3) is 5.57. The molecule has 2 bridgehead atoms. The number of aryl methyl sites for hydroxylation is 2. The predicted octanol–water partition coefficient (Wildman–Crippen LogP) is 5.85. The van der Waals surface area contributed by atoms with Crippen molar-refractivity contribution in [3.8, 4) is 22.8 Å². The minimum Gasteiger partial charge on any atom is -0.507 e. The maximum atomic E-state index is 14.5. The highest BCUT2D eigenvalue weighted by molar-refractivity contribution is 5.88. The number of hydrogen-bond acceptors (Lipinski definition) is 13. The molecule has 1 aromatic carbocycles. The van der Waals surface area contributed by atoms with Crippen LogP contribution in [-0.4, -0.2) is 62.1 Å². The molecule has 4 atom stereocenters. The Bertz CT molecular complexity index is 2500. The fraction of sp³-hybridized carbons (Fsp3) is 0.419. The quantitative estimate of drug-likeness (QED) is 0.157. The molecule has 1 spiro atoms. The van der Waals surface area contributed by atoms with Gasteiger partial charge in [-0.25, -0.2) is 14.8 Å². The first-order valence-electron chi connectivity index (χ1n) is 19.5. The number of fused-ring (bicyclic) bond motifs is 6. The number of phenolic OH excluding ortho intramolecular Hbond substituents is 1. The Labute approximate surface area is 323 Å². The van der Waals surface area contributed by atoms with E-state index in [2.05, 4.69) is 19.9 Å². The Morgan fingerprint density at radius 3 is 2.61 bits per heavy atom. The molecular formula is C43H44N6O7. The summed E-state index contributed by atoms with van der Waals surface area (Å²) >= 11 is 0. The standard InChI is InChI=1S/C43H44N6O7/c1-21-12-30(50)37-31(53-21)17-32-38(39(37)51)36-23-5-7-26(8-6-23)43(41(52)54-40(36)42(2,3)55-32)33(56-43)9-4-22-13-28(48-34(44)14-22)25-15-27(47-35(45)16-25)19-49-18-24-10-11-46-29(24)20-49/h10-17,20,23,26,33,36,40,51H,4-9,18-19H2,1-3H3,(H2,44,48)(H2,45,47)/t23?,26?,33-,36+,40-,43-/m1/s1. The number of aromatic nitrogens is 2. The molecule has 11 rings (SSSR count). The first-order valence-corrected chi connectivity index (χ1v) is 19.5. The van der Waals surface area contributed by atoms with E-state index in [-0.39, 0.29) is 46.0 Å². The van der Waals surface area contributed by atoms with E-state index in [1.54, 1.807) is 13.0 Å². The monoisotopic (exact) mass is 756 g/mol. The highest BCUT2D eigenvalue weighted by Gasteiger charge is 2.69. The number of aliphatic imine (C=N–C) groups is 1. The second-order valence-electron chi connectivity index (χ2n) is 16.8. The molecule has 4 aromatic rings. The highest BCUT2D eigenvalue weighted by Crippen LogP contribution is 2.60. The second kappa shape index (κ2) is 12.4. The van der Waals surface area contributed by atoms with Gasteiger partial charge in [-0.05, 0) is 101 Å². The van der Waals surface area contributed by atoms with Gasteiger partial charge in [-0.15, -0.1) is 0 Å². The molecule has 0 amide bonds. The van der Waals surface area contributed by atoms with Crippen molar-refractivity contribution >= 4 is 34.8 Å². The van der Waals surface area contributed by atoms with Gasteiger partial charge >= 0.3 is 5.97 Å². The van der Waals surface area contributed by atoms with E-state index >= 15 is 0 Å². The lowest BCUT2D eigenvalue weighted by molar-refractivity contribution is -0.172. The fourth-order valence-electron chi connectivity index (χ4n) is 10.2. The molecule has 0 radical (unpaired) electrons. The summed E-state index contributed by atoms with van der Waals surface area (Å²) in [6.45, 7) is 6.85. The van der Waals surface area contributed by atoms with Gasteiger partial charge in [0.05, 0.1) is 29.7 Å². The van der Waals surface area contributed by atoms with Crippen LogP contribution < -0.4 is 21.6 Å². The molecule has 3 saturated heterocycles. The average molecular weight is 757 g/mol. The van der Waals surface area contributed by atoms with Gasteiger partial charge in [-0.3, -0.25) is 9.79 Å². The van der Waals surface area contributed by atoms with E-state index < -0.39 is 23.3 Å². The number of rotatable bonds is 6. The van der Waals surface area contributed by atoms with Gasteiger partial charge in [-0.1, -0.05) is 0 Å². The first kappa shape index (κ1) is 34.8. The molecule has 6 aliphatic heterocycles. The Morgan fingerprint density at radius 2 is 1.80 bits per heavy atom. The number of epoxide rings is 1. The SMILES string of the molecule is Cc1cc(=O)c2c(O)c3c(cc2o1)OC(C)(C)[C@@H]1OC(=O)[C@@]2(O[C@@H]2CCc2cc(N)nc(-c4cc(N)nc(CN5C=C6N=CC=C6C5)c4)c2)C2CCC(CC2)[C@@H]31. The number of aromatic hydroxyl groups is 1. The number of carbonyl (C=O) groups excluding carboxylic acids is 1. The Kier molecular flexibility index (Phi) is 7.70. The smallest absolute Gasteiger partial charge is 0.341 e. The minimum absolute atomic E-state index is 0.00896. The number of carbonyl (C=O) groups is 1. The Balaban J connectivity index is 0.899. The number of nitrogens with zero attached hydrogens (tertiary/aromatic N) is 4. The van der Waals surface area contributed by atoms with Crippen molar-refractivity contribution in [3.05, 3.63) is 92.7 Å². The summed E-state index contributed by atoms with van der Waals surface area (Å²) in [6.07, 6.45) is 9.22. The predicted molar refractivity (Wildman–Crippen MR) is 209 cm³/mol. The molecule has 56 heavy (non-hydrogen) atoms. The zero-order chi connectivity index (χ0) is 38.7. The molecule has 0 unspecified atom stereocenters. The summed E-state index contributed by atoms with van der Waals surface area (Å²) in [5.74, 6) is 0.829. The number of phenols is 1. The number of benzene rings is 1. The number of nitrogens with two attached hydrogens (primary N) is 2. The van der Waals surface area contributed by atoms with Crippen LogP contribution >= 0.6 is 0 Å². The highest BCUT2D eigenvalue weighted by atomic mass is 16.7. The van der Waals surface area contributed by atoms with E-state index in [0.29, 0.717) is 53.8 Å². The molecule has 9 heterocycles. The fourth-order valence-corrected chi connectivity index (χ4v) is 10.2. The Morgan fingerprint density at radius 1 is 1.00 bits per heavy atom. The number of pyridine rings is 2. The van der Waals surface area contributed by atoms with Crippen molar-refractivity contribution in [3.63, 3.8) is 0 Å². The minimum atomic E-state index is -1.07. The molecular weight excluding hydrogens is 713 g/mol. The van der Waals surface area contributed by atoms with Crippen LogP contribution in [0.2, 0.25) is 0 Å². The molecule has 3 aromatic heterocycles. The normalized spacial score (nSPS) is 28.1.